The van der Waals surface area contributed by atoms with Gasteiger partial charge in [-0.05, 0) is 43.9 Å². The molecule has 0 bridgehead atoms. The maximum absolute atomic E-state index is 12.0. The van der Waals surface area contributed by atoms with Crippen LogP contribution in [0.1, 0.15) is 39.2 Å². The Balaban J connectivity index is 0.00000441. The van der Waals surface area contributed by atoms with Gasteiger partial charge in [0.05, 0.1) is 12.1 Å². The number of aryl methyl sites for hydroxylation is 1. The minimum Gasteiger partial charge on any atom is -0.494 e. The molecule has 0 aliphatic rings. The van der Waals surface area contributed by atoms with E-state index < -0.39 is 0 Å². The van der Waals surface area contributed by atoms with E-state index in [9.17, 15) is 4.79 Å². The fourth-order valence-electron chi connectivity index (χ4n) is 1.94. The zero-order valence-electron chi connectivity index (χ0n) is 14.0. The monoisotopic (exact) mass is 328 g/mol. The van der Waals surface area contributed by atoms with Gasteiger partial charge in [0.15, 0.2) is 0 Å². The summed E-state index contributed by atoms with van der Waals surface area (Å²) in [6, 6.07) is 7.91. The lowest BCUT2D eigenvalue weighted by Gasteiger charge is -2.33. The summed E-state index contributed by atoms with van der Waals surface area (Å²) >= 11 is 0. The highest BCUT2D eigenvalue weighted by Gasteiger charge is 2.28. The summed E-state index contributed by atoms with van der Waals surface area (Å²) in [6.45, 7) is 9.12. The molecule has 0 aliphatic heterocycles. The zero-order chi connectivity index (χ0) is 15.9. The lowest BCUT2D eigenvalue weighted by atomic mass is 9.88. The first-order valence-corrected chi connectivity index (χ1v) is 7.58. The van der Waals surface area contributed by atoms with E-state index in [0.29, 0.717) is 31.9 Å². The maximum Gasteiger partial charge on any atom is 0.220 e. The van der Waals surface area contributed by atoms with Crippen LogP contribution in [0, 0.1) is 12.8 Å². The van der Waals surface area contributed by atoms with Gasteiger partial charge in [0.25, 0.3) is 0 Å². The first kappa shape index (κ1) is 20.7. The van der Waals surface area contributed by atoms with Gasteiger partial charge >= 0.3 is 0 Å². The molecule has 0 saturated carbocycles. The maximum atomic E-state index is 12.0. The van der Waals surface area contributed by atoms with Crippen LogP contribution < -0.4 is 15.8 Å². The Hall–Kier alpha value is -1.26. The van der Waals surface area contributed by atoms with Gasteiger partial charge < -0.3 is 15.8 Å². The number of halogens is 1. The van der Waals surface area contributed by atoms with Gasteiger partial charge in [-0.25, -0.2) is 0 Å². The number of nitrogens with two attached hydrogens (primary N) is 1. The number of hydrogen-bond acceptors (Lipinski definition) is 3. The summed E-state index contributed by atoms with van der Waals surface area (Å²) in [6.07, 6.45) is 1.15. The number of ether oxygens (including phenoxy) is 1. The van der Waals surface area contributed by atoms with Crippen LogP contribution in [-0.2, 0) is 4.79 Å². The molecule has 0 spiro atoms. The molecule has 1 unspecified atom stereocenters. The topological polar surface area (TPSA) is 64.3 Å². The van der Waals surface area contributed by atoms with Gasteiger partial charge in [0, 0.05) is 13.0 Å². The minimum atomic E-state index is -0.339. The van der Waals surface area contributed by atoms with Gasteiger partial charge in [-0.2, -0.15) is 0 Å². The molecular formula is C17H29ClN2O2. The van der Waals surface area contributed by atoms with E-state index in [4.69, 9.17) is 10.5 Å². The third-order valence-electron chi connectivity index (χ3n) is 3.93. The Kier molecular flexibility index (Phi) is 9.14. The smallest absolute Gasteiger partial charge is 0.220 e. The Labute approximate surface area is 140 Å². The van der Waals surface area contributed by atoms with Crippen molar-refractivity contribution in [2.45, 2.75) is 46.1 Å². The summed E-state index contributed by atoms with van der Waals surface area (Å²) in [7, 11) is 0. The number of carbonyl (C=O) groups is 1. The van der Waals surface area contributed by atoms with E-state index in [2.05, 4.69) is 19.2 Å². The predicted molar refractivity (Wildman–Crippen MR) is 93.6 cm³/mol. The molecule has 0 saturated heterocycles. The Morgan fingerprint density at radius 3 is 2.64 bits per heavy atom. The lowest BCUT2D eigenvalue weighted by Crippen LogP contribution is -2.55. The van der Waals surface area contributed by atoms with E-state index in [-0.39, 0.29) is 23.9 Å². The van der Waals surface area contributed by atoms with Gasteiger partial charge in [0.2, 0.25) is 5.91 Å². The molecule has 1 amide bonds. The Morgan fingerprint density at radius 1 is 1.41 bits per heavy atom. The van der Waals surface area contributed by atoms with Crippen molar-refractivity contribution in [2.75, 3.05) is 13.2 Å². The van der Waals surface area contributed by atoms with Crippen molar-refractivity contribution in [1.29, 1.82) is 0 Å². The average molecular weight is 329 g/mol. The molecule has 0 aromatic heterocycles. The minimum absolute atomic E-state index is 0. The number of amides is 1. The van der Waals surface area contributed by atoms with Crippen LogP contribution in [-0.4, -0.2) is 24.6 Å². The van der Waals surface area contributed by atoms with Gasteiger partial charge in [-0.15, -0.1) is 12.4 Å². The fourth-order valence-corrected chi connectivity index (χ4v) is 1.94. The van der Waals surface area contributed by atoms with Crippen LogP contribution in [0.2, 0.25) is 0 Å². The van der Waals surface area contributed by atoms with E-state index in [1.807, 2.05) is 38.1 Å². The molecule has 5 heteroatoms. The predicted octanol–water partition coefficient (Wildman–Crippen LogP) is 3.07. The quantitative estimate of drug-likeness (QED) is 0.721. The van der Waals surface area contributed by atoms with Crippen LogP contribution >= 0.6 is 12.4 Å². The first-order chi connectivity index (χ1) is 9.87. The molecule has 0 aliphatic carbocycles. The summed E-state index contributed by atoms with van der Waals surface area (Å²) in [5.41, 5.74) is 6.59. The summed E-state index contributed by atoms with van der Waals surface area (Å²) in [4.78, 5) is 12.0. The Morgan fingerprint density at radius 2 is 2.09 bits per heavy atom. The van der Waals surface area contributed by atoms with Crippen LogP contribution in [0.4, 0.5) is 0 Å². The van der Waals surface area contributed by atoms with Crippen molar-refractivity contribution in [3.63, 3.8) is 0 Å². The number of nitrogens with one attached hydrogen (secondary N) is 1. The number of carbonyl (C=O) groups excluding carboxylic acids is 1. The van der Waals surface area contributed by atoms with E-state index in [1.54, 1.807) is 0 Å². The van der Waals surface area contributed by atoms with Crippen LogP contribution in [0.5, 0.6) is 5.75 Å². The SMILES string of the molecule is Cc1cccc(OCCCC(=O)NC(C)(CN)C(C)C)c1.Cl. The lowest BCUT2D eigenvalue weighted by molar-refractivity contribution is -0.123. The highest BCUT2D eigenvalue weighted by atomic mass is 35.5. The number of hydrogen-bond donors (Lipinski definition) is 2. The second kappa shape index (κ2) is 9.70. The summed E-state index contributed by atoms with van der Waals surface area (Å²) in [5.74, 6) is 1.18. The molecule has 3 N–H and O–H groups in total. The van der Waals surface area contributed by atoms with Crippen molar-refractivity contribution >= 4 is 18.3 Å². The van der Waals surface area contributed by atoms with Crippen molar-refractivity contribution in [1.82, 2.24) is 5.32 Å². The van der Waals surface area contributed by atoms with E-state index in [1.165, 1.54) is 5.56 Å². The molecule has 126 valence electrons. The second-order valence-electron chi connectivity index (χ2n) is 6.09. The fraction of sp³-hybridized carbons (Fsp3) is 0.588. The zero-order valence-corrected chi connectivity index (χ0v) is 14.8. The standard InChI is InChI=1S/C17H28N2O2.ClH/c1-13(2)17(4,12-18)19-16(20)9-6-10-21-15-8-5-7-14(3)11-15;/h5,7-8,11,13H,6,9-10,12,18H2,1-4H3,(H,19,20);1H. The molecule has 0 heterocycles. The molecular weight excluding hydrogens is 300 g/mol. The molecule has 22 heavy (non-hydrogen) atoms. The largest absolute Gasteiger partial charge is 0.494 e. The van der Waals surface area contributed by atoms with E-state index >= 15 is 0 Å². The van der Waals surface area contributed by atoms with Gasteiger partial charge in [-0.1, -0.05) is 26.0 Å². The van der Waals surface area contributed by atoms with Crippen LogP contribution in [0.15, 0.2) is 24.3 Å². The molecule has 0 fully saturated rings. The third-order valence-corrected chi connectivity index (χ3v) is 3.93. The van der Waals surface area contributed by atoms with Gasteiger partial charge in [-0.3, -0.25) is 4.79 Å². The van der Waals surface area contributed by atoms with Crippen LogP contribution in [0.3, 0.4) is 0 Å². The van der Waals surface area contributed by atoms with E-state index in [0.717, 1.165) is 5.75 Å². The highest BCUT2D eigenvalue weighted by molar-refractivity contribution is 5.85. The summed E-state index contributed by atoms with van der Waals surface area (Å²) in [5, 5.41) is 3.03. The first-order valence-electron chi connectivity index (χ1n) is 7.58. The Bertz CT molecular complexity index is 466. The average Bonchev–Trinajstić information content (AvgIpc) is 2.43. The molecule has 4 nitrogen and oxygen atoms in total. The normalized spacial score (nSPS) is 13.2. The number of rotatable bonds is 8. The molecule has 1 rings (SSSR count). The second-order valence-corrected chi connectivity index (χ2v) is 6.09. The molecule has 0 radical (unpaired) electrons. The molecule has 1 aromatic carbocycles. The van der Waals surface area contributed by atoms with Crippen molar-refractivity contribution in [3.8, 4) is 5.75 Å². The van der Waals surface area contributed by atoms with Crippen molar-refractivity contribution in [2.24, 2.45) is 11.7 Å². The third kappa shape index (κ3) is 6.67. The van der Waals surface area contributed by atoms with Crippen molar-refractivity contribution in [3.05, 3.63) is 29.8 Å². The number of benzene rings is 1. The molecule has 1 aromatic rings. The van der Waals surface area contributed by atoms with Gasteiger partial charge in [0.1, 0.15) is 5.75 Å². The van der Waals surface area contributed by atoms with Crippen LogP contribution in [0.25, 0.3) is 0 Å². The summed E-state index contributed by atoms with van der Waals surface area (Å²) < 4.78 is 5.64. The highest BCUT2D eigenvalue weighted by Crippen LogP contribution is 2.15. The molecule has 1 atom stereocenters. The van der Waals surface area contributed by atoms with Crippen molar-refractivity contribution < 1.29 is 9.53 Å².